The standard InChI is InChI=1S/C20H25NO2/c1-13-7-6-8-18(11-13)23-17(5)20(22)21-16(4)19-12-14(2)9-10-15(19)3/h6-12,16-17H,1-5H3,(H,21,22)/t16-,17+/m0/s1. The van der Waals surface area contributed by atoms with Crippen molar-refractivity contribution in [1.29, 1.82) is 0 Å². The molecule has 3 nitrogen and oxygen atoms in total. The minimum Gasteiger partial charge on any atom is -0.481 e. The van der Waals surface area contributed by atoms with Gasteiger partial charge in [-0.25, -0.2) is 0 Å². The first kappa shape index (κ1) is 17.1. The quantitative estimate of drug-likeness (QED) is 0.896. The van der Waals surface area contributed by atoms with Crippen LogP contribution in [0.2, 0.25) is 0 Å². The average molecular weight is 311 g/mol. The van der Waals surface area contributed by atoms with Gasteiger partial charge in [0.1, 0.15) is 5.75 Å². The topological polar surface area (TPSA) is 38.3 Å². The van der Waals surface area contributed by atoms with Gasteiger partial charge in [-0.05, 0) is 63.4 Å². The van der Waals surface area contributed by atoms with Crippen molar-refractivity contribution in [1.82, 2.24) is 5.32 Å². The lowest BCUT2D eigenvalue weighted by molar-refractivity contribution is -0.127. The van der Waals surface area contributed by atoms with Gasteiger partial charge in [-0.3, -0.25) is 4.79 Å². The van der Waals surface area contributed by atoms with Crippen LogP contribution in [0.15, 0.2) is 42.5 Å². The number of hydrogen-bond donors (Lipinski definition) is 1. The number of rotatable bonds is 5. The third-order valence-corrected chi connectivity index (χ3v) is 3.93. The lowest BCUT2D eigenvalue weighted by atomic mass is 10.00. The van der Waals surface area contributed by atoms with Crippen LogP contribution in [-0.4, -0.2) is 12.0 Å². The Bertz CT molecular complexity index is 694. The fraction of sp³-hybridized carbons (Fsp3) is 0.350. The molecule has 0 heterocycles. The van der Waals surface area contributed by atoms with Gasteiger partial charge in [-0.15, -0.1) is 0 Å². The van der Waals surface area contributed by atoms with E-state index in [2.05, 4.69) is 37.4 Å². The van der Waals surface area contributed by atoms with Gasteiger partial charge in [0.05, 0.1) is 6.04 Å². The van der Waals surface area contributed by atoms with E-state index in [1.54, 1.807) is 6.92 Å². The van der Waals surface area contributed by atoms with Crippen LogP contribution in [0, 0.1) is 20.8 Å². The van der Waals surface area contributed by atoms with Crippen molar-refractivity contribution in [2.24, 2.45) is 0 Å². The Morgan fingerprint density at radius 2 is 1.70 bits per heavy atom. The Kier molecular flexibility index (Phi) is 5.43. The monoisotopic (exact) mass is 311 g/mol. The molecular formula is C20H25NO2. The Hall–Kier alpha value is -2.29. The van der Waals surface area contributed by atoms with E-state index in [1.165, 1.54) is 11.1 Å². The predicted octanol–water partition coefficient (Wildman–Crippen LogP) is 4.26. The summed E-state index contributed by atoms with van der Waals surface area (Å²) >= 11 is 0. The van der Waals surface area contributed by atoms with Gasteiger partial charge >= 0.3 is 0 Å². The zero-order valence-electron chi connectivity index (χ0n) is 14.5. The van der Waals surface area contributed by atoms with Crippen LogP contribution in [0.3, 0.4) is 0 Å². The highest BCUT2D eigenvalue weighted by Gasteiger charge is 2.18. The van der Waals surface area contributed by atoms with Crippen LogP contribution < -0.4 is 10.1 Å². The molecule has 1 amide bonds. The van der Waals surface area contributed by atoms with E-state index in [1.807, 2.05) is 38.1 Å². The zero-order valence-corrected chi connectivity index (χ0v) is 14.5. The maximum atomic E-state index is 12.4. The van der Waals surface area contributed by atoms with Gasteiger partial charge in [0.2, 0.25) is 0 Å². The highest BCUT2D eigenvalue weighted by molar-refractivity contribution is 5.81. The Morgan fingerprint density at radius 1 is 1.00 bits per heavy atom. The molecule has 0 radical (unpaired) electrons. The molecule has 0 aliphatic heterocycles. The Labute approximate surface area is 138 Å². The number of ether oxygens (including phenoxy) is 1. The van der Waals surface area contributed by atoms with Crippen molar-refractivity contribution in [3.05, 3.63) is 64.7 Å². The Balaban J connectivity index is 2.01. The molecule has 23 heavy (non-hydrogen) atoms. The summed E-state index contributed by atoms with van der Waals surface area (Å²) in [6.07, 6.45) is -0.538. The molecule has 0 saturated heterocycles. The summed E-state index contributed by atoms with van der Waals surface area (Å²) in [4.78, 5) is 12.4. The maximum absolute atomic E-state index is 12.4. The second kappa shape index (κ2) is 7.32. The molecule has 2 aromatic rings. The Morgan fingerprint density at radius 3 is 2.39 bits per heavy atom. The van der Waals surface area contributed by atoms with Crippen molar-refractivity contribution in [2.75, 3.05) is 0 Å². The van der Waals surface area contributed by atoms with Gasteiger partial charge in [0.15, 0.2) is 6.10 Å². The molecule has 0 unspecified atom stereocenters. The second-order valence-electron chi connectivity index (χ2n) is 6.17. The largest absolute Gasteiger partial charge is 0.481 e. The minimum atomic E-state index is -0.538. The molecule has 2 atom stereocenters. The molecule has 2 rings (SSSR count). The molecule has 0 aliphatic rings. The van der Waals surface area contributed by atoms with Gasteiger partial charge in [0, 0.05) is 0 Å². The molecule has 1 N–H and O–H groups in total. The third-order valence-electron chi connectivity index (χ3n) is 3.93. The molecule has 0 aromatic heterocycles. The summed E-state index contributed by atoms with van der Waals surface area (Å²) in [5, 5.41) is 3.03. The first-order chi connectivity index (χ1) is 10.9. The third kappa shape index (κ3) is 4.59. The molecule has 0 fully saturated rings. The highest BCUT2D eigenvalue weighted by atomic mass is 16.5. The SMILES string of the molecule is Cc1cccc(O[C@H](C)C(=O)N[C@@H](C)c2cc(C)ccc2C)c1. The second-order valence-corrected chi connectivity index (χ2v) is 6.17. The van der Waals surface area contributed by atoms with Gasteiger partial charge in [-0.2, -0.15) is 0 Å². The minimum absolute atomic E-state index is 0.0500. The molecule has 0 saturated carbocycles. The summed E-state index contributed by atoms with van der Waals surface area (Å²) in [7, 11) is 0. The van der Waals surface area contributed by atoms with E-state index in [0.717, 1.165) is 11.1 Å². The smallest absolute Gasteiger partial charge is 0.261 e. The fourth-order valence-electron chi connectivity index (χ4n) is 2.58. The number of benzene rings is 2. The normalized spacial score (nSPS) is 13.3. The predicted molar refractivity (Wildman–Crippen MR) is 93.7 cm³/mol. The summed E-state index contributed by atoms with van der Waals surface area (Å²) in [5.41, 5.74) is 4.62. The van der Waals surface area contributed by atoms with Crippen LogP contribution in [0.25, 0.3) is 0 Å². The van der Waals surface area contributed by atoms with E-state index in [0.29, 0.717) is 5.75 Å². The maximum Gasteiger partial charge on any atom is 0.261 e. The summed E-state index contributed by atoms with van der Waals surface area (Å²) in [6.45, 7) is 9.89. The van der Waals surface area contributed by atoms with Crippen molar-refractivity contribution in [3.8, 4) is 5.75 Å². The number of amides is 1. The lowest BCUT2D eigenvalue weighted by Gasteiger charge is -2.20. The van der Waals surface area contributed by atoms with E-state index >= 15 is 0 Å². The van der Waals surface area contributed by atoms with Crippen molar-refractivity contribution < 1.29 is 9.53 Å². The number of aryl methyl sites for hydroxylation is 3. The first-order valence-electron chi connectivity index (χ1n) is 7.97. The van der Waals surface area contributed by atoms with E-state index in [-0.39, 0.29) is 11.9 Å². The molecule has 0 spiro atoms. The first-order valence-corrected chi connectivity index (χ1v) is 7.97. The lowest BCUT2D eigenvalue weighted by Crippen LogP contribution is -2.38. The van der Waals surface area contributed by atoms with Gasteiger partial charge in [-0.1, -0.05) is 35.9 Å². The van der Waals surface area contributed by atoms with Crippen LogP contribution in [0.1, 0.15) is 42.1 Å². The molecular weight excluding hydrogens is 286 g/mol. The van der Waals surface area contributed by atoms with Crippen LogP contribution >= 0.6 is 0 Å². The van der Waals surface area contributed by atoms with Crippen LogP contribution in [-0.2, 0) is 4.79 Å². The van der Waals surface area contributed by atoms with Gasteiger partial charge < -0.3 is 10.1 Å². The summed E-state index contributed by atoms with van der Waals surface area (Å²) in [5.74, 6) is 0.604. The molecule has 122 valence electrons. The zero-order chi connectivity index (χ0) is 17.0. The highest BCUT2D eigenvalue weighted by Crippen LogP contribution is 2.19. The van der Waals surface area contributed by atoms with E-state index in [4.69, 9.17) is 4.74 Å². The van der Waals surface area contributed by atoms with E-state index < -0.39 is 6.10 Å². The number of carbonyl (C=O) groups excluding carboxylic acids is 1. The van der Waals surface area contributed by atoms with Crippen LogP contribution in [0.5, 0.6) is 5.75 Å². The molecule has 2 aromatic carbocycles. The van der Waals surface area contributed by atoms with Crippen LogP contribution in [0.4, 0.5) is 0 Å². The number of nitrogens with one attached hydrogen (secondary N) is 1. The number of carbonyl (C=O) groups is 1. The van der Waals surface area contributed by atoms with Crippen molar-refractivity contribution in [3.63, 3.8) is 0 Å². The fourth-order valence-corrected chi connectivity index (χ4v) is 2.58. The van der Waals surface area contributed by atoms with E-state index in [9.17, 15) is 4.79 Å². The molecule has 0 bridgehead atoms. The summed E-state index contributed by atoms with van der Waals surface area (Å²) in [6, 6.07) is 14.0. The van der Waals surface area contributed by atoms with Gasteiger partial charge in [0.25, 0.3) is 5.91 Å². The van der Waals surface area contributed by atoms with Crippen molar-refractivity contribution in [2.45, 2.75) is 46.8 Å². The number of hydrogen-bond acceptors (Lipinski definition) is 2. The van der Waals surface area contributed by atoms with Crippen molar-refractivity contribution >= 4 is 5.91 Å². The summed E-state index contributed by atoms with van der Waals surface area (Å²) < 4.78 is 5.74. The molecule has 0 aliphatic carbocycles. The molecule has 3 heteroatoms. The average Bonchev–Trinajstić information content (AvgIpc) is 2.49.